The van der Waals surface area contributed by atoms with Crippen molar-refractivity contribution in [2.45, 2.75) is 13.8 Å². The maximum atomic E-state index is 14.4. The molecule has 0 saturated heterocycles. The van der Waals surface area contributed by atoms with Gasteiger partial charge in [0.05, 0.1) is 16.6 Å². The normalized spacial score (nSPS) is 13.1. The number of hydrogen-bond donors (Lipinski definition) is 1. The van der Waals surface area contributed by atoms with E-state index < -0.39 is 0 Å². The average Bonchev–Trinajstić information content (AvgIpc) is 2.71. The standard InChI is InChI=1S/C15H14ClFN2/c1-4-6-10(9(3)5-2)15-14(17)11-8-18-13(16)7-12(11)19-15/h4-8,19H,2H2,1,3H3/b6-4-,10-9+. The number of hydrogen-bond acceptors (Lipinski definition) is 1. The lowest BCUT2D eigenvalue weighted by Crippen LogP contribution is -1.88. The van der Waals surface area contributed by atoms with E-state index in [1.807, 2.05) is 26.0 Å². The first-order valence-corrected chi connectivity index (χ1v) is 6.25. The van der Waals surface area contributed by atoms with Crippen LogP contribution in [0.2, 0.25) is 5.15 Å². The molecule has 0 aliphatic carbocycles. The molecule has 0 aromatic carbocycles. The van der Waals surface area contributed by atoms with Crippen LogP contribution < -0.4 is 0 Å². The molecule has 0 unspecified atom stereocenters. The molecule has 2 aromatic heterocycles. The van der Waals surface area contributed by atoms with E-state index in [4.69, 9.17) is 11.6 Å². The number of pyridine rings is 1. The number of aromatic nitrogens is 2. The predicted octanol–water partition coefficient (Wildman–Crippen LogP) is 4.89. The molecule has 0 saturated carbocycles. The third-order valence-corrected chi connectivity index (χ3v) is 3.13. The molecule has 1 N–H and O–H groups in total. The van der Waals surface area contributed by atoms with Crippen molar-refractivity contribution in [3.8, 4) is 0 Å². The molecule has 0 bridgehead atoms. The molecule has 19 heavy (non-hydrogen) atoms. The van der Waals surface area contributed by atoms with E-state index in [2.05, 4.69) is 16.5 Å². The maximum absolute atomic E-state index is 14.4. The van der Waals surface area contributed by atoms with Crippen molar-refractivity contribution >= 4 is 28.1 Å². The fraction of sp³-hybridized carbons (Fsp3) is 0.133. The molecule has 0 radical (unpaired) electrons. The Balaban J connectivity index is 2.74. The molecular formula is C15H14ClFN2. The smallest absolute Gasteiger partial charge is 0.158 e. The first kappa shape index (κ1) is 13.6. The Bertz CT molecular complexity index is 695. The summed E-state index contributed by atoms with van der Waals surface area (Å²) in [5.74, 6) is -0.325. The number of halogens is 2. The van der Waals surface area contributed by atoms with E-state index in [0.717, 1.165) is 11.1 Å². The number of allylic oxidation sites excluding steroid dienone is 5. The van der Waals surface area contributed by atoms with Gasteiger partial charge >= 0.3 is 0 Å². The lowest BCUT2D eigenvalue weighted by Gasteiger charge is -2.03. The molecule has 2 nitrogen and oxygen atoms in total. The van der Waals surface area contributed by atoms with E-state index in [1.54, 1.807) is 12.1 Å². The predicted molar refractivity (Wildman–Crippen MR) is 78.7 cm³/mol. The van der Waals surface area contributed by atoms with Crippen LogP contribution >= 0.6 is 11.6 Å². The summed E-state index contributed by atoms with van der Waals surface area (Å²) in [6, 6.07) is 1.61. The summed E-state index contributed by atoms with van der Waals surface area (Å²) in [6.45, 7) is 7.50. The molecule has 0 aliphatic heterocycles. The van der Waals surface area contributed by atoms with Crippen molar-refractivity contribution in [2.75, 3.05) is 0 Å². The van der Waals surface area contributed by atoms with Gasteiger partial charge in [-0.05, 0) is 25.5 Å². The van der Waals surface area contributed by atoms with Gasteiger partial charge < -0.3 is 4.98 Å². The summed E-state index contributed by atoms with van der Waals surface area (Å²) >= 11 is 5.82. The van der Waals surface area contributed by atoms with Crippen LogP contribution in [-0.2, 0) is 0 Å². The van der Waals surface area contributed by atoms with E-state index in [1.165, 1.54) is 6.20 Å². The fourth-order valence-electron chi connectivity index (χ4n) is 1.91. The van der Waals surface area contributed by atoms with Crippen LogP contribution in [0.5, 0.6) is 0 Å². The number of rotatable bonds is 3. The zero-order chi connectivity index (χ0) is 14.0. The van der Waals surface area contributed by atoms with Crippen molar-refractivity contribution in [2.24, 2.45) is 0 Å². The Hall–Kier alpha value is -1.87. The van der Waals surface area contributed by atoms with Crippen molar-refractivity contribution in [1.82, 2.24) is 9.97 Å². The third kappa shape index (κ3) is 2.47. The molecule has 0 amide bonds. The van der Waals surface area contributed by atoms with Crippen LogP contribution in [0.15, 0.2) is 42.6 Å². The summed E-state index contributed by atoms with van der Waals surface area (Å²) in [5, 5.41) is 0.760. The Kier molecular flexibility index (Phi) is 3.86. The highest BCUT2D eigenvalue weighted by Gasteiger charge is 2.15. The second-order valence-corrected chi connectivity index (χ2v) is 4.55. The van der Waals surface area contributed by atoms with E-state index >= 15 is 0 Å². The fourth-order valence-corrected chi connectivity index (χ4v) is 2.06. The molecule has 4 heteroatoms. The van der Waals surface area contributed by atoms with Gasteiger partial charge in [-0.2, -0.15) is 0 Å². The van der Waals surface area contributed by atoms with Crippen LogP contribution in [0, 0.1) is 5.82 Å². The molecule has 0 aliphatic rings. The van der Waals surface area contributed by atoms with Gasteiger partial charge in [0.2, 0.25) is 0 Å². The average molecular weight is 277 g/mol. The number of fused-ring (bicyclic) bond motifs is 1. The highest BCUT2D eigenvalue weighted by molar-refractivity contribution is 6.30. The van der Waals surface area contributed by atoms with Gasteiger partial charge in [0.25, 0.3) is 0 Å². The Morgan fingerprint density at radius 1 is 1.53 bits per heavy atom. The van der Waals surface area contributed by atoms with Crippen molar-refractivity contribution in [1.29, 1.82) is 0 Å². The lowest BCUT2D eigenvalue weighted by molar-refractivity contribution is 0.635. The molecule has 2 heterocycles. The summed E-state index contributed by atoms with van der Waals surface area (Å²) in [7, 11) is 0. The van der Waals surface area contributed by atoms with Crippen molar-refractivity contribution in [3.05, 3.63) is 59.3 Å². The molecular weight excluding hydrogens is 263 g/mol. The number of nitrogens with one attached hydrogen (secondary N) is 1. The van der Waals surface area contributed by atoms with Gasteiger partial charge in [0.15, 0.2) is 5.82 Å². The Morgan fingerprint density at radius 2 is 2.26 bits per heavy atom. The molecule has 0 spiro atoms. The highest BCUT2D eigenvalue weighted by Crippen LogP contribution is 2.29. The summed E-state index contributed by atoms with van der Waals surface area (Å²) in [5.41, 5.74) is 2.71. The van der Waals surface area contributed by atoms with Crippen molar-refractivity contribution < 1.29 is 4.39 Å². The number of nitrogens with zero attached hydrogens (tertiary/aromatic N) is 1. The second kappa shape index (κ2) is 5.41. The van der Waals surface area contributed by atoms with Crippen molar-refractivity contribution in [3.63, 3.8) is 0 Å². The van der Waals surface area contributed by atoms with Gasteiger partial charge in [-0.25, -0.2) is 9.37 Å². The van der Waals surface area contributed by atoms with Gasteiger partial charge in [-0.3, -0.25) is 0 Å². The molecule has 2 aromatic rings. The number of aromatic amines is 1. The van der Waals surface area contributed by atoms with Gasteiger partial charge in [0, 0.05) is 11.8 Å². The van der Waals surface area contributed by atoms with Crippen LogP contribution in [0.3, 0.4) is 0 Å². The van der Waals surface area contributed by atoms with Crippen LogP contribution in [0.1, 0.15) is 19.5 Å². The highest BCUT2D eigenvalue weighted by atomic mass is 35.5. The van der Waals surface area contributed by atoms with E-state index in [-0.39, 0.29) is 5.82 Å². The van der Waals surface area contributed by atoms with E-state index in [9.17, 15) is 4.39 Å². The SMILES string of the molecule is C=C/C(C)=C(\C=C/C)c1[nH]c2cc(Cl)ncc2c1F. The molecule has 0 fully saturated rings. The minimum absolute atomic E-state index is 0.325. The monoisotopic (exact) mass is 276 g/mol. The van der Waals surface area contributed by atoms with Gasteiger partial charge in [-0.1, -0.05) is 36.4 Å². The Labute approximate surface area is 116 Å². The minimum Gasteiger partial charge on any atom is -0.352 e. The van der Waals surface area contributed by atoms with Crippen LogP contribution in [0.4, 0.5) is 4.39 Å². The van der Waals surface area contributed by atoms with Gasteiger partial charge in [-0.15, -0.1) is 0 Å². The third-order valence-electron chi connectivity index (χ3n) is 2.92. The second-order valence-electron chi connectivity index (χ2n) is 4.17. The maximum Gasteiger partial charge on any atom is 0.158 e. The van der Waals surface area contributed by atoms with E-state index in [0.29, 0.717) is 21.7 Å². The molecule has 2 rings (SSSR count). The summed E-state index contributed by atoms with van der Waals surface area (Å²) in [6.07, 6.45) is 6.84. The van der Waals surface area contributed by atoms with Crippen LogP contribution in [0.25, 0.3) is 16.5 Å². The summed E-state index contributed by atoms with van der Waals surface area (Å²) in [4.78, 5) is 6.95. The zero-order valence-electron chi connectivity index (χ0n) is 10.8. The molecule has 98 valence electrons. The summed E-state index contributed by atoms with van der Waals surface area (Å²) < 4.78 is 14.4. The topological polar surface area (TPSA) is 28.7 Å². The van der Waals surface area contributed by atoms with Crippen LogP contribution in [-0.4, -0.2) is 9.97 Å². The lowest BCUT2D eigenvalue weighted by atomic mass is 10.1. The first-order chi connectivity index (χ1) is 9.08. The minimum atomic E-state index is -0.325. The largest absolute Gasteiger partial charge is 0.352 e. The number of H-pyrrole nitrogens is 1. The first-order valence-electron chi connectivity index (χ1n) is 5.87. The van der Waals surface area contributed by atoms with Gasteiger partial charge in [0.1, 0.15) is 5.15 Å². The Morgan fingerprint density at radius 3 is 2.89 bits per heavy atom. The zero-order valence-corrected chi connectivity index (χ0v) is 11.6. The quantitative estimate of drug-likeness (QED) is 0.627. The molecule has 0 atom stereocenters.